The van der Waals surface area contributed by atoms with Gasteiger partial charge in [0, 0.05) is 85.5 Å². The molecule has 2 aliphatic rings. The van der Waals surface area contributed by atoms with Crippen LogP contribution in [0.3, 0.4) is 0 Å². The molecule has 0 aliphatic carbocycles. The van der Waals surface area contributed by atoms with E-state index < -0.39 is 59.8 Å². The van der Waals surface area contributed by atoms with Crippen molar-refractivity contribution in [2.24, 2.45) is 22.4 Å². The van der Waals surface area contributed by atoms with Crippen molar-refractivity contribution in [1.29, 1.82) is 0 Å². The topological polar surface area (TPSA) is 375 Å². The highest BCUT2D eigenvalue weighted by atomic mass is 32.2. The summed E-state index contributed by atoms with van der Waals surface area (Å²) >= 11 is 3.87. The van der Waals surface area contributed by atoms with E-state index >= 15 is 0 Å². The molecule has 4 heterocycles. The first-order valence-electron chi connectivity index (χ1n) is 25.3. The summed E-state index contributed by atoms with van der Waals surface area (Å²) in [7, 11) is 0. The molecule has 25 nitrogen and oxygen atoms in total. The van der Waals surface area contributed by atoms with Crippen LogP contribution in [0.25, 0.3) is 0 Å². The maximum absolute atomic E-state index is 13.6. The average Bonchev–Trinajstić information content (AvgIpc) is 4.20. The lowest BCUT2D eigenvalue weighted by atomic mass is 9.98. The van der Waals surface area contributed by atoms with E-state index in [-0.39, 0.29) is 104 Å². The van der Waals surface area contributed by atoms with Crippen LogP contribution < -0.4 is 48.7 Å². The lowest BCUT2D eigenvalue weighted by Gasteiger charge is -2.25. The third-order valence-electron chi connectivity index (χ3n) is 12.1. The van der Waals surface area contributed by atoms with Crippen molar-refractivity contribution >= 4 is 111 Å². The molecule has 11 amide bonds. The Bertz CT molecular complexity index is 2800. The second kappa shape index (κ2) is 30.9. The van der Waals surface area contributed by atoms with Gasteiger partial charge in [0.1, 0.15) is 41.1 Å². The molecule has 11 N–H and O–H groups in total. The second-order valence-electron chi connectivity index (χ2n) is 18.6. The highest BCUT2D eigenvalue weighted by molar-refractivity contribution is 7.99. The number of nitrogens with one attached hydrogen (secondary N) is 7. The minimum Gasteiger partial charge on any atom is -0.445 e. The van der Waals surface area contributed by atoms with Crippen LogP contribution in [0.1, 0.15) is 115 Å². The zero-order chi connectivity index (χ0) is 57.6. The zero-order valence-electron chi connectivity index (χ0n) is 43.9. The number of nitrogens with two attached hydrogens (primary N) is 2. The molecule has 0 bridgehead atoms. The molecule has 1 aromatic carbocycles. The number of urea groups is 1. The summed E-state index contributed by atoms with van der Waals surface area (Å²) in [5, 5.41) is 23.0. The number of primary amides is 2. The fourth-order valence-corrected chi connectivity index (χ4v) is 10.4. The number of ketones is 1. The fraction of sp³-hybridized carbons (Fsp3) is 0.451. The molecule has 79 heavy (non-hydrogen) atoms. The van der Waals surface area contributed by atoms with Gasteiger partial charge in [-0.1, -0.05) is 39.0 Å². The molecular weight excluding hydrogens is 1080 g/mol. The Kier molecular flexibility index (Phi) is 24.3. The Labute approximate surface area is 467 Å². The monoisotopic (exact) mass is 1150 g/mol. The van der Waals surface area contributed by atoms with Crippen LogP contribution in [0.5, 0.6) is 0 Å². The molecule has 0 fully saturated rings. The number of nitrogens with zero attached hydrogens (tertiary/aromatic N) is 4. The number of hydrogen-bond donors (Lipinski definition) is 9. The Morgan fingerprint density at radius 2 is 1.56 bits per heavy atom. The standard InChI is InChI=1S/C51H65N13O12S3/c1-28(2)42(63-39(66)10-6-5-7-21-64-40(67)17-18-41(64)68)47(73)59-34(9-8-19-54-50(53)74)44(70)58-33-14-11-31(12-15-33)24-76-51(75)55-20-22-77-25-37(45(71)57-29(3)43(52)69)60-46(72)38-27-79-49(62-38)35-16-13-32(23-56-35)48-61-36(26-78-48)30(4)65/h11-12,14-15,17-18,26-28,32,34,37,42H,3,5-10,13,16,19-25H2,1-2,4H3,(H2,52,69)(H,55,75)(H,57,71)(H,58,70)(H,59,73)(H,60,72)(H,63,66)(H3,53,54,74)/t32-,34-,37?,42-/m0/s1. The maximum Gasteiger partial charge on any atom is 0.407 e. The number of carbonyl (C=O) groups excluding carboxylic acids is 11. The van der Waals surface area contributed by atoms with Crippen molar-refractivity contribution in [3.63, 3.8) is 0 Å². The van der Waals surface area contributed by atoms with Crippen LogP contribution in [0.4, 0.5) is 15.3 Å². The summed E-state index contributed by atoms with van der Waals surface area (Å²) in [5.74, 6) is -4.75. The largest absolute Gasteiger partial charge is 0.445 e. The molecule has 5 rings (SSSR count). The summed E-state index contributed by atoms with van der Waals surface area (Å²) in [6, 6.07) is 2.38. The van der Waals surface area contributed by atoms with Crippen molar-refractivity contribution in [1.82, 2.24) is 46.8 Å². The van der Waals surface area contributed by atoms with Gasteiger partial charge in [-0.15, -0.1) is 22.7 Å². The Morgan fingerprint density at radius 3 is 2.20 bits per heavy atom. The number of amides is 11. The van der Waals surface area contributed by atoms with Crippen LogP contribution in [0.15, 0.2) is 64.4 Å². The summed E-state index contributed by atoms with van der Waals surface area (Å²) in [5.41, 5.74) is 12.2. The number of hydrogen-bond acceptors (Lipinski definition) is 18. The molecule has 28 heteroatoms. The van der Waals surface area contributed by atoms with E-state index in [1.54, 1.807) is 48.9 Å². The van der Waals surface area contributed by atoms with Gasteiger partial charge in [-0.25, -0.2) is 19.6 Å². The Morgan fingerprint density at radius 1 is 0.835 bits per heavy atom. The smallest absolute Gasteiger partial charge is 0.407 e. The molecule has 0 radical (unpaired) electrons. The minimum atomic E-state index is -1.17. The van der Waals surface area contributed by atoms with Crippen LogP contribution in [-0.4, -0.2) is 142 Å². The lowest BCUT2D eigenvalue weighted by Crippen LogP contribution is -2.54. The van der Waals surface area contributed by atoms with Crippen molar-refractivity contribution in [3.8, 4) is 0 Å². The molecule has 0 spiro atoms. The summed E-state index contributed by atoms with van der Waals surface area (Å²) in [6.07, 6.45) is 4.99. The quantitative estimate of drug-likeness (QED) is 0.0193. The second-order valence-corrected chi connectivity index (χ2v) is 21.5. The minimum absolute atomic E-state index is 0.0179. The molecule has 2 aliphatic heterocycles. The van der Waals surface area contributed by atoms with E-state index in [1.807, 2.05) is 0 Å². The third kappa shape index (κ3) is 20.2. The van der Waals surface area contributed by atoms with Crippen molar-refractivity contribution < 1.29 is 57.5 Å². The third-order valence-corrected chi connectivity index (χ3v) is 15.0. The van der Waals surface area contributed by atoms with Gasteiger partial charge < -0.3 is 53.4 Å². The maximum atomic E-state index is 13.6. The molecule has 3 aromatic rings. The normalized spacial score (nSPS) is 15.0. The summed E-state index contributed by atoms with van der Waals surface area (Å²) in [4.78, 5) is 152. The van der Waals surface area contributed by atoms with Gasteiger partial charge in [0.05, 0.1) is 16.4 Å². The van der Waals surface area contributed by atoms with Crippen molar-refractivity contribution in [2.75, 3.05) is 43.0 Å². The summed E-state index contributed by atoms with van der Waals surface area (Å²) < 4.78 is 5.35. The predicted molar refractivity (Wildman–Crippen MR) is 296 cm³/mol. The highest BCUT2D eigenvalue weighted by Gasteiger charge is 2.30. The number of thiazole rings is 2. The number of rotatable bonds is 31. The molecular formula is C51H65N13O12S3. The van der Waals surface area contributed by atoms with Crippen molar-refractivity contribution in [3.05, 3.63) is 86.4 Å². The first-order valence-corrected chi connectivity index (χ1v) is 28.2. The van der Waals surface area contributed by atoms with E-state index in [9.17, 15) is 52.7 Å². The highest BCUT2D eigenvalue weighted by Crippen LogP contribution is 2.30. The van der Waals surface area contributed by atoms with Crippen LogP contribution in [0, 0.1) is 5.92 Å². The number of imide groups is 1. The van der Waals surface area contributed by atoms with E-state index in [4.69, 9.17) is 16.2 Å². The fourth-order valence-electron chi connectivity index (χ4n) is 7.69. The van der Waals surface area contributed by atoms with Gasteiger partial charge in [0.25, 0.3) is 23.6 Å². The Balaban J connectivity index is 1.05. The summed E-state index contributed by atoms with van der Waals surface area (Å²) in [6.45, 7) is 9.21. The SMILES string of the molecule is C=C(NC(=O)C(CSCCNC(=O)OCc1ccc(NC(=O)[C@H](CCCNC(N)=O)NC(=O)[C@@H](NC(=O)CCCCCN2C(=O)C=CC2=O)C(C)C)cc1)NC(=O)c1csc(C2=NC[C@@H](c3nc(C(C)=O)cs3)CC2)n1)C(N)=O. The van der Waals surface area contributed by atoms with Crippen LogP contribution in [0.2, 0.25) is 0 Å². The number of benzene rings is 1. The number of aliphatic imine (C=N–C) groups is 1. The van der Waals surface area contributed by atoms with Crippen LogP contribution >= 0.6 is 34.4 Å². The number of Topliss-reactive ketones (excluding diaryl/α,β-unsaturated/α-hetero) is 1. The number of alkyl carbamates (subject to hydrolysis) is 1. The molecule has 2 aromatic heterocycles. The molecule has 1 unspecified atom stereocenters. The number of anilines is 1. The van der Waals surface area contributed by atoms with Gasteiger partial charge >= 0.3 is 12.1 Å². The number of ether oxygens (including phenoxy) is 1. The molecule has 0 saturated heterocycles. The molecule has 424 valence electrons. The Hall–Kier alpha value is -7.85. The number of aromatic nitrogens is 2. The van der Waals surface area contributed by atoms with E-state index in [0.29, 0.717) is 54.2 Å². The number of carbonyl (C=O) groups is 11. The molecule has 4 atom stereocenters. The predicted octanol–water partition coefficient (Wildman–Crippen LogP) is 2.54. The van der Waals surface area contributed by atoms with E-state index in [0.717, 1.165) is 22.0 Å². The first kappa shape index (κ1) is 62.0. The average molecular weight is 1150 g/mol. The number of thioether (sulfide) groups is 1. The van der Waals surface area contributed by atoms with Crippen LogP contribution in [-0.2, 0) is 44.9 Å². The molecule has 0 saturated carbocycles. The van der Waals surface area contributed by atoms with E-state index in [2.05, 4.69) is 58.8 Å². The van der Waals surface area contributed by atoms with Gasteiger partial charge in [-0.3, -0.25) is 53.0 Å². The first-order chi connectivity index (χ1) is 37.7. The van der Waals surface area contributed by atoms with Gasteiger partial charge in [0.15, 0.2) is 5.78 Å². The zero-order valence-corrected chi connectivity index (χ0v) is 46.3. The van der Waals surface area contributed by atoms with Gasteiger partial charge in [-0.2, -0.15) is 11.8 Å². The number of unbranched alkanes of at least 4 members (excludes halogenated alkanes) is 2. The lowest BCUT2D eigenvalue weighted by molar-refractivity contribution is -0.137. The van der Waals surface area contributed by atoms with E-state index in [1.165, 1.54) is 53.5 Å². The van der Waals surface area contributed by atoms with Gasteiger partial charge in [-0.05, 0) is 62.1 Å². The van der Waals surface area contributed by atoms with Gasteiger partial charge in [0.2, 0.25) is 23.6 Å². The van der Waals surface area contributed by atoms with Crippen molar-refractivity contribution in [2.45, 2.75) is 103 Å².